The van der Waals surface area contributed by atoms with Gasteiger partial charge in [-0.3, -0.25) is 13.9 Å². The van der Waals surface area contributed by atoms with Crippen molar-refractivity contribution in [2.45, 2.75) is 57.5 Å². The summed E-state index contributed by atoms with van der Waals surface area (Å²) in [6.07, 6.45) is 2.10. The summed E-state index contributed by atoms with van der Waals surface area (Å²) in [6.45, 7) is 5.92. The second-order valence-corrected chi connectivity index (χ2v) is 11.8. The highest BCUT2D eigenvalue weighted by Gasteiger charge is 2.34. The Bertz CT molecular complexity index is 1430. The summed E-state index contributed by atoms with van der Waals surface area (Å²) in [4.78, 5) is 28.8. The first-order valence-corrected chi connectivity index (χ1v) is 15.5. The van der Waals surface area contributed by atoms with Crippen LogP contribution < -0.4 is 19.1 Å². The molecule has 226 valence electrons. The van der Waals surface area contributed by atoms with Gasteiger partial charge in [0, 0.05) is 19.2 Å². The maximum Gasteiger partial charge on any atom is 0.264 e. The lowest BCUT2D eigenvalue weighted by Gasteiger charge is -2.33. The molecule has 0 saturated carbocycles. The van der Waals surface area contributed by atoms with Gasteiger partial charge in [0.15, 0.2) is 11.5 Å². The molecular weight excluding hydrogens is 554 g/mol. The van der Waals surface area contributed by atoms with Crippen molar-refractivity contribution < 1.29 is 27.5 Å². The van der Waals surface area contributed by atoms with Crippen molar-refractivity contribution >= 4 is 27.5 Å². The van der Waals surface area contributed by atoms with E-state index in [4.69, 9.17) is 9.47 Å². The van der Waals surface area contributed by atoms with Gasteiger partial charge in [0.05, 0.1) is 24.8 Å². The number of rotatable bonds is 15. The summed E-state index contributed by atoms with van der Waals surface area (Å²) >= 11 is 0. The smallest absolute Gasteiger partial charge is 0.264 e. The van der Waals surface area contributed by atoms with E-state index in [1.807, 2.05) is 51.1 Å². The fraction of sp³-hybridized carbons (Fsp3) is 0.375. The van der Waals surface area contributed by atoms with Gasteiger partial charge in [0.25, 0.3) is 10.0 Å². The molecule has 0 saturated heterocycles. The largest absolute Gasteiger partial charge is 0.493 e. The predicted molar refractivity (Wildman–Crippen MR) is 164 cm³/mol. The Morgan fingerprint density at radius 3 is 2.17 bits per heavy atom. The zero-order valence-electron chi connectivity index (χ0n) is 25.0. The minimum atomic E-state index is -4.25. The zero-order valence-corrected chi connectivity index (χ0v) is 25.8. The van der Waals surface area contributed by atoms with Gasteiger partial charge in [-0.2, -0.15) is 0 Å². The second-order valence-electron chi connectivity index (χ2n) is 9.94. The molecule has 10 heteroatoms. The van der Waals surface area contributed by atoms with E-state index in [1.165, 1.54) is 37.3 Å². The molecule has 42 heavy (non-hydrogen) atoms. The third kappa shape index (κ3) is 8.03. The summed E-state index contributed by atoms with van der Waals surface area (Å²) < 4.78 is 40.0. The lowest BCUT2D eigenvalue weighted by atomic mass is 10.1. The molecule has 0 bridgehead atoms. The molecule has 1 N–H and O–H groups in total. The number of unbranched alkanes of at least 4 members (excludes halogenated alkanes) is 1. The number of hydrogen-bond donors (Lipinski definition) is 1. The topological polar surface area (TPSA) is 105 Å². The molecule has 1 atom stereocenters. The number of ether oxygens (including phenoxy) is 2. The highest BCUT2D eigenvalue weighted by molar-refractivity contribution is 7.92. The average Bonchev–Trinajstić information content (AvgIpc) is 3.00. The molecule has 0 heterocycles. The molecular formula is C32H41N3O6S. The van der Waals surface area contributed by atoms with E-state index >= 15 is 0 Å². The maximum atomic E-state index is 14.1. The number of methoxy groups -OCH3 is 2. The van der Waals surface area contributed by atoms with Crippen molar-refractivity contribution in [3.05, 3.63) is 83.9 Å². The van der Waals surface area contributed by atoms with E-state index in [0.717, 1.165) is 28.3 Å². The lowest BCUT2D eigenvalue weighted by Crippen LogP contribution is -2.52. The van der Waals surface area contributed by atoms with Crippen molar-refractivity contribution in [3.63, 3.8) is 0 Å². The van der Waals surface area contributed by atoms with E-state index in [2.05, 4.69) is 5.32 Å². The van der Waals surface area contributed by atoms with Crippen LogP contribution in [0.25, 0.3) is 0 Å². The van der Waals surface area contributed by atoms with E-state index in [9.17, 15) is 18.0 Å². The van der Waals surface area contributed by atoms with Crippen LogP contribution in [-0.4, -0.2) is 58.5 Å². The molecule has 0 radical (unpaired) electrons. The molecule has 1 unspecified atom stereocenters. The average molecular weight is 596 g/mol. The summed E-state index contributed by atoms with van der Waals surface area (Å²) in [5.74, 6) is -0.140. The monoisotopic (exact) mass is 595 g/mol. The predicted octanol–water partition coefficient (Wildman–Crippen LogP) is 4.93. The molecule has 0 aromatic heterocycles. The fourth-order valence-corrected chi connectivity index (χ4v) is 5.98. The number of sulfonamides is 1. The number of carbonyl (C=O) groups is 2. The highest BCUT2D eigenvalue weighted by atomic mass is 32.2. The van der Waals surface area contributed by atoms with Gasteiger partial charge in [-0.05, 0) is 49.6 Å². The van der Waals surface area contributed by atoms with Gasteiger partial charge < -0.3 is 19.7 Å². The van der Waals surface area contributed by atoms with Crippen LogP contribution in [0, 0.1) is 6.92 Å². The van der Waals surface area contributed by atoms with Crippen LogP contribution in [-0.2, 0) is 26.2 Å². The van der Waals surface area contributed by atoms with Crippen LogP contribution >= 0.6 is 0 Å². The Kier molecular flexibility index (Phi) is 11.8. The molecule has 3 rings (SSSR count). The first-order valence-electron chi connectivity index (χ1n) is 14.1. The van der Waals surface area contributed by atoms with Gasteiger partial charge in [0.2, 0.25) is 11.8 Å². The van der Waals surface area contributed by atoms with E-state index in [0.29, 0.717) is 24.4 Å². The number of carbonyl (C=O) groups excluding carboxylic acids is 2. The number of anilines is 1. The Balaban J connectivity index is 2.05. The van der Waals surface area contributed by atoms with Crippen LogP contribution in [0.5, 0.6) is 11.5 Å². The fourth-order valence-electron chi connectivity index (χ4n) is 4.55. The molecule has 3 aromatic rings. The number of hydrogen-bond acceptors (Lipinski definition) is 6. The van der Waals surface area contributed by atoms with Crippen LogP contribution in [0.1, 0.15) is 44.2 Å². The first kappa shape index (κ1) is 32.5. The van der Waals surface area contributed by atoms with Gasteiger partial charge >= 0.3 is 0 Å². The van der Waals surface area contributed by atoms with Gasteiger partial charge in [-0.15, -0.1) is 0 Å². The van der Waals surface area contributed by atoms with Crippen molar-refractivity contribution in [3.8, 4) is 11.5 Å². The van der Waals surface area contributed by atoms with Crippen LogP contribution in [0.2, 0.25) is 0 Å². The number of nitrogens with one attached hydrogen (secondary N) is 1. The maximum absolute atomic E-state index is 14.1. The van der Waals surface area contributed by atoms with Gasteiger partial charge in [0.1, 0.15) is 12.6 Å². The van der Waals surface area contributed by atoms with E-state index < -0.39 is 28.5 Å². The normalized spacial score (nSPS) is 11.8. The molecule has 0 aliphatic heterocycles. The summed E-state index contributed by atoms with van der Waals surface area (Å²) in [7, 11) is -1.36. The van der Waals surface area contributed by atoms with E-state index in [1.54, 1.807) is 24.3 Å². The molecule has 9 nitrogen and oxygen atoms in total. The molecule has 0 fully saturated rings. The molecule has 3 aromatic carbocycles. The molecule has 0 spiro atoms. The quantitative estimate of drug-likeness (QED) is 0.250. The molecule has 0 aliphatic rings. The van der Waals surface area contributed by atoms with Crippen molar-refractivity contribution in [1.82, 2.24) is 10.2 Å². The van der Waals surface area contributed by atoms with E-state index in [-0.39, 0.29) is 23.1 Å². The summed E-state index contributed by atoms with van der Waals surface area (Å²) in [5, 5.41) is 2.94. The van der Waals surface area contributed by atoms with Crippen molar-refractivity contribution in [2.75, 3.05) is 31.6 Å². The Morgan fingerprint density at radius 2 is 1.57 bits per heavy atom. The molecule has 2 amide bonds. The Hall–Kier alpha value is -4.05. The van der Waals surface area contributed by atoms with Crippen LogP contribution in [0.3, 0.4) is 0 Å². The highest BCUT2D eigenvalue weighted by Crippen LogP contribution is 2.32. The third-order valence-electron chi connectivity index (χ3n) is 6.96. The number of benzene rings is 3. The van der Waals surface area contributed by atoms with Crippen LogP contribution in [0.15, 0.2) is 77.7 Å². The Morgan fingerprint density at radius 1 is 0.905 bits per heavy atom. The minimum Gasteiger partial charge on any atom is -0.493 e. The SMILES string of the molecule is CCCCNC(=O)C(CC)N(Cc1ccccc1)C(=O)CN(c1ccc(C)cc1)S(=O)(=O)c1ccc(OC)c(OC)c1. The first-order chi connectivity index (χ1) is 20.2. The number of amides is 2. The van der Waals surface area contributed by atoms with Crippen LogP contribution in [0.4, 0.5) is 5.69 Å². The second kappa shape index (κ2) is 15.3. The Labute approximate surface area is 249 Å². The number of aryl methyl sites for hydroxylation is 1. The van der Waals surface area contributed by atoms with Gasteiger partial charge in [-0.1, -0.05) is 68.3 Å². The summed E-state index contributed by atoms with van der Waals surface area (Å²) in [5.41, 5.74) is 2.09. The molecule has 0 aliphatic carbocycles. The zero-order chi connectivity index (χ0) is 30.7. The summed E-state index contributed by atoms with van der Waals surface area (Å²) in [6, 6.07) is 19.8. The third-order valence-corrected chi connectivity index (χ3v) is 8.72. The minimum absolute atomic E-state index is 0.0625. The number of nitrogens with zero attached hydrogens (tertiary/aromatic N) is 2. The van der Waals surface area contributed by atoms with Crippen molar-refractivity contribution in [2.24, 2.45) is 0 Å². The van der Waals surface area contributed by atoms with Gasteiger partial charge in [-0.25, -0.2) is 8.42 Å². The lowest BCUT2D eigenvalue weighted by molar-refractivity contribution is -0.140. The van der Waals surface area contributed by atoms with Crippen molar-refractivity contribution in [1.29, 1.82) is 0 Å². The standard InChI is InChI=1S/C32H41N3O6S/c1-6-8-20-33-32(37)28(7-2)34(22-25-12-10-9-11-13-25)31(36)23-35(26-16-14-24(3)15-17-26)42(38,39)27-18-19-29(40-4)30(21-27)41-5/h9-19,21,28H,6-8,20,22-23H2,1-5H3,(H,33,37).